The average molecular weight is 466 g/mol. The van der Waals surface area contributed by atoms with Gasteiger partial charge in [0.2, 0.25) is 21.8 Å². The van der Waals surface area contributed by atoms with Crippen LogP contribution in [0.25, 0.3) is 0 Å². The highest BCUT2D eigenvalue weighted by molar-refractivity contribution is 7.92. The number of benzene rings is 2. The van der Waals surface area contributed by atoms with Crippen LogP contribution in [0.2, 0.25) is 5.02 Å². The number of hydrogen-bond donors (Lipinski definition) is 1. The maximum absolute atomic E-state index is 13.4. The lowest BCUT2D eigenvalue weighted by Gasteiger charge is -2.33. The smallest absolute Gasteiger partial charge is 0.244 e. The first-order chi connectivity index (χ1) is 14.6. The van der Waals surface area contributed by atoms with Crippen molar-refractivity contribution in [2.45, 2.75) is 32.9 Å². The van der Waals surface area contributed by atoms with E-state index in [2.05, 4.69) is 5.32 Å². The molecule has 0 aliphatic rings. The molecule has 1 atom stereocenters. The molecule has 1 N–H and O–H groups in total. The van der Waals surface area contributed by atoms with Crippen molar-refractivity contribution in [2.75, 3.05) is 24.2 Å². The Kier molecular flexibility index (Phi) is 8.47. The summed E-state index contributed by atoms with van der Waals surface area (Å²) in [6.07, 6.45) is 1.42. The first-order valence-electron chi connectivity index (χ1n) is 9.88. The third-order valence-corrected chi connectivity index (χ3v) is 6.55. The summed E-state index contributed by atoms with van der Waals surface area (Å²) in [4.78, 5) is 27.3. The largest absolute Gasteiger partial charge is 0.357 e. The van der Waals surface area contributed by atoms with Crippen LogP contribution in [0.15, 0.2) is 48.5 Å². The number of nitrogens with zero attached hydrogens (tertiary/aromatic N) is 2. The summed E-state index contributed by atoms with van der Waals surface area (Å²) in [5, 5.41) is 2.99. The van der Waals surface area contributed by atoms with E-state index in [-0.39, 0.29) is 12.5 Å². The first kappa shape index (κ1) is 24.7. The minimum atomic E-state index is -3.79. The van der Waals surface area contributed by atoms with Gasteiger partial charge < -0.3 is 10.2 Å². The minimum absolute atomic E-state index is 0.178. The number of amides is 2. The average Bonchev–Trinajstić information content (AvgIpc) is 2.73. The fourth-order valence-electron chi connectivity index (χ4n) is 3.33. The van der Waals surface area contributed by atoms with Gasteiger partial charge in [0.25, 0.3) is 0 Å². The van der Waals surface area contributed by atoms with E-state index < -0.39 is 28.5 Å². The van der Waals surface area contributed by atoms with Crippen molar-refractivity contribution in [3.63, 3.8) is 0 Å². The Labute approximate surface area is 189 Å². The van der Waals surface area contributed by atoms with Gasteiger partial charge in [-0.05, 0) is 36.6 Å². The van der Waals surface area contributed by atoms with Crippen molar-refractivity contribution in [2.24, 2.45) is 0 Å². The molecule has 0 heterocycles. The Balaban J connectivity index is 2.45. The Morgan fingerprint density at radius 2 is 1.74 bits per heavy atom. The van der Waals surface area contributed by atoms with Gasteiger partial charge >= 0.3 is 0 Å². The van der Waals surface area contributed by atoms with Gasteiger partial charge in [-0.2, -0.15) is 0 Å². The SMILES string of the molecule is CCC(C(=O)NC)N(Cc1ccccc1)C(=O)CN(c1cccc(Cl)c1C)S(C)(=O)=O. The molecule has 2 aromatic rings. The van der Waals surface area contributed by atoms with Crippen molar-refractivity contribution in [3.05, 3.63) is 64.7 Å². The van der Waals surface area contributed by atoms with Gasteiger partial charge in [0.1, 0.15) is 12.6 Å². The number of rotatable bonds is 9. The van der Waals surface area contributed by atoms with Crippen LogP contribution in [-0.4, -0.2) is 51.0 Å². The second-order valence-electron chi connectivity index (χ2n) is 7.20. The number of carbonyl (C=O) groups excluding carboxylic acids is 2. The summed E-state index contributed by atoms with van der Waals surface area (Å²) < 4.78 is 26.2. The minimum Gasteiger partial charge on any atom is -0.357 e. The Hall–Kier alpha value is -2.58. The van der Waals surface area contributed by atoms with Crippen molar-refractivity contribution in [1.82, 2.24) is 10.2 Å². The summed E-state index contributed by atoms with van der Waals surface area (Å²) in [6.45, 7) is 3.24. The number of halogens is 1. The lowest BCUT2D eigenvalue weighted by atomic mass is 10.1. The van der Waals surface area contributed by atoms with Gasteiger partial charge in [-0.25, -0.2) is 8.42 Å². The van der Waals surface area contributed by atoms with Gasteiger partial charge in [-0.1, -0.05) is 54.9 Å². The fraction of sp³-hybridized carbons (Fsp3) is 0.364. The summed E-state index contributed by atoms with van der Waals surface area (Å²) in [5.41, 5.74) is 1.72. The first-order valence-corrected chi connectivity index (χ1v) is 12.1. The number of carbonyl (C=O) groups is 2. The topological polar surface area (TPSA) is 86.8 Å². The predicted molar refractivity (Wildman–Crippen MR) is 124 cm³/mol. The van der Waals surface area contributed by atoms with Gasteiger partial charge in [0.05, 0.1) is 11.9 Å². The number of sulfonamides is 1. The summed E-state index contributed by atoms with van der Waals surface area (Å²) in [5.74, 6) is -0.791. The highest BCUT2D eigenvalue weighted by Crippen LogP contribution is 2.28. The Morgan fingerprint density at radius 1 is 1.10 bits per heavy atom. The third-order valence-electron chi connectivity index (χ3n) is 5.02. The molecule has 0 aliphatic carbocycles. The van der Waals surface area contributed by atoms with Crippen LogP contribution in [0.5, 0.6) is 0 Å². The molecule has 0 aromatic heterocycles. The van der Waals surface area contributed by atoms with E-state index in [1.807, 2.05) is 30.3 Å². The molecular weight excluding hydrogens is 438 g/mol. The summed E-state index contributed by atoms with van der Waals surface area (Å²) in [7, 11) is -2.28. The van der Waals surface area contributed by atoms with Crippen molar-refractivity contribution < 1.29 is 18.0 Å². The molecule has 0 aliphatic heterocycles. The van der Waals surface area contributed by atoms with Crippen LogP contribution in [0.4, 0.5) is 5.69 Å². The second kappa shape index (κ2) is 10.6. The molecule has 1 unspecified atom stereocenters. The van der Waals surface area contributed by atoms with Crippen LogP contribution in [0.3, 0.4) is 0 Å². The molecule has 168 valence electrons. The number of likely N-dealkylation sites (N-methyl/N-ethyl adjacent to an activating group) is 1. The van der Waals surface area contributed by atoms with Gasteiger partial charge in [0.15, 0.2) is 0 Å². The fourth-order valence-corrected chi connectivity index (χ4v) is 4.40. The Morgan fingerprint density at radius 3 is 2.29 bits per heavy atom. The van der Waals surface area contributed by atoms with Crippen LogP contribution >= 0.6 is 11.6 Å². The molecule has 31 heavy (non-hydrogen) atoms. The van der Waals surface area contributed by atoms with Crippen LogP contribution < -0.4 is 9.62 Å². The molecule has 0 saturated heterocycles. The maximum Gasteiger partial charge on any atom is 0.244 e. The highest BCUT2D eigenvalue weighted by atomic mass is 35.5. The molecule has 0 fully saturated rings. The quantitative estimate of drug-likeness (QED) is 0.616. The van der Waals surface area contributed by atoms with E-state index in [1.54, 1.807) is 32.0 Å². The van der Waals surface area contributed by atoms with Gasteiger partial charge in [-0.15, -0.1) is 0 Å². The molecule has 2 aromatic carbocycles. The molecule has 0 saturated carbocycles. The lowest BCUT2D eigenvalue weighted by molar-refractivity contribution is -0.140. The molecule has 0 radical (unpaired) electrons. The normalized spacial score (nSPS) is 12.2. The number of nitrogens with one attached hydrogen (secondary N) is 1. The standard InChI is InChI=1S/C22H28ClN3O4S/c1-5-19(22(28)24-3)25(14-17-10-7-6-8-11-17)21(27)15-26(31(4,29)30)20-13-9-12-18(23)16(20)2/h6-13,19H,5,14-15H2,1-4H3,(H,24,28). The molecule has 2 rings (SSSR count). The molecule has 9 heteroatoms. The van der Waals surface area contributed by atoms with E-state index in [9.17, 15) is 18.0 Å². The van der Waals surface area contributed by atoms with E-state index in [0.717, 1.165) is 16.1 Å². The van der Waals surface area contributed by atoms with E-state index in [1.165, 1.54) is 11.9 Å². The molecule has 0 bridgehead atoms. The molecular formula is C22H28ClN3O4S. The lowest BCUT2D eigenvalue weighted by Crippen LogP contribution is -2.51. The van der Waals surface area contributed by atoms with E-state index in [4.69, 9.17) is 11.6 Å². The second-order valence-corrected chi connectivity index (χ2v) is 9.51. The highest BCUT2D eigenvalue weighted by Gasteiger charge is 2.31. The van der Waals surface area contributed by atoms with E-state index in [0.29, 0.717) is 22.7 Å². The zero-order valence-corrected chi connectivity index (χ0v) is 19.7. The molecule has 0 spiro atoms. The van der Waals surface area contributed by atoms with Crippen LogP contribution in [-0.2, 0) is 26.2 Å². The monoisotopic (exact) mass is 465 g/mol. The van der Waals surface area contributed by atoms with Crippen LogP contribution in [0.1, 0.15) is 24.5 Å². The van der Waals surface area contributed by atoms with Crippen molar-refractivity contribution in [1.29, 1.82) is 0 Å². The van der Waals surface area contributed by atoms with Crippen molar-refractivity contribution >= 4 is 39.1 Å². The number of hydrogen-bond acceptors (Lipinski definition) is 4. The summed E-state index contributed by atoms with van der Waals surface area (Å²) >= 11 is 6.18. The third kappa shape index (κ3) is 6.21. The summed E-state index contributed by atoms with van der Waals surface area (Å²) in [6, 6.07) is 13.4. The molecule has 7 nitrogen and oxygen atoms in total. The predicted octanol–water partition coefficient (Wildman–Crippen LogP) is 2.97. The van der Waals surface area contributed by atoms with Gasteiger partial charge in [-0.3, -0.25) is 13.9 Å². The zero-order chi connectivity index (χ0) is 23.2. The van der Waals surface area contributed by atoms with E-state index >= 15 is 0 Å². The van der Waals surface area contributed by atoms with Crippen molar-refractivity contribution in [3.8, 4) is 0 Å². The zero-order valence-electron chi connectivity index (χ0n) is 18.1. The molecule has 2 amide bonds. The maximum atomic E-state index is 13.4. The van der Waals surface area contributed by atoms with Crippen LogP contribution in [0, 0.1) is 6.92 Å². The number of anilines is 1. The van der Waals surface area contributed by atoms with Gasteiger partial charge in [0, 0.05) is 18.6 Å². The Bertz CT molecular complexity index is 1030.